The number of likely N-dealkylation sites (N-methyl/N-ethyl adjacent to an activating group) is 1. The van der Waals surface area contributed by atoms with E-state index in [4.69, 9.17) is 28.8 Å². The number of aromatic nitrogens is 1. The monoisotopic (exact) mass is 463 g/mol. The van der Waals surface area contributed by atoms with Crippen LogP contribution in [0.4, 0.5) is 11.5 Å². The zero-order chi connectivity index (χ0) is 22.7. The third-order valence-electron chi connectivity index (χ3n) is 5.12. The second-order valence-corrected chi connectivity index (χ2v) is 8.12. The fourth-order valence-corrected chi connectivity index (χ4v) is 3.88. The number of carbonyl (C=O) groups excluding carboxylic acids is 1. The number of fused-ring (bicyclic) bond motifs is 1. The number of anilines is 2. The van der Waals surface area contributed by atoms with Crippen LogP contribution in [-0.4, -0.2) is 34.9 Å². The van der Waals surface area contributed by atoms with E-state index in [1.165, 1.54) is 0 Å². The first kappa shape index (κ1) is 21.9. The zero-order valence-electron chi connectivity index (χ0n) is 17.7. The van der Waals surface area contributed by atoms with Crippen LogP contribution in [0.25, 0.3) is 0 Å². The van der Waals surface area contributed by atoms with Crippen LogP contribution in [0.2, 0.25) is 5.02 Å². The van der Waals surface area contributed by atoms with Crippen LogP contribution in [0.5, 0.6) is 0 Å². The average Bonchev–Trinajstić information content (AvgIpc) is 2.90. The number of rotatable bonds is 4. The quantitative estimate of drug-likeness (QED) is 0.560. The van der Waals surface area contributed by atoms with E-state index in [1.54, 1.807) is 18.0 Å². The van der Waals surface area contributed by atoms with Crippen molar-refractivity contribution < 1.29 is 4.79 Å². The van der Waals surface area contributed by atoms with Gasteiger partial charge in [-0.2, -0.15) is 0 Å². The largest absolute Gasteiger partial charge is 0.333 e. The number of halogens is 1. The summed E-state index contributed by atoms with van der Waals surface area (Å²) in [6.45, 7) is 2.03. The summed E-state index contributed by atoms with van der Waals surface area (Å²) in [6.07, 6.45) is -0.108. The Kier molecular flexibility index (Phi) is 6.48. The molecule has 3 aromatic rings. The first-order valence-corrected chi connectivity index (χ1v) is 11.0. The Balaban J connectivity index is 1.69. The van der Waals surface area contributed by atoms with Crippen molar-refractivity contribution in [2.45, 2.75) is 19.5 Å². The minimum Gasteiger partial charge on any atom is -0.333 e. The number of thiocarbonyl (C=S) groups is 1. The maximum Gasteiger partial charge on any atom is 0.272 e. The highest BCUT2D eigenvalue weighted by Gasteiger charge is 2.30. The Hall–Kier alpha value is -3.29. The summed E-state index contributed by atoms with van der Waals surface area (Å²) in [6, 6.07) is 20.8. The molecule has 32 heavy (non-hydrogen) atoms. The lowest BCUT2D eigenvalue weighted by atomic mass is 10.0. The molecule has 0 spiro atoms. The second-order valence-electron chi connectivity index (χ2n) is 7.27. The smallest absolute Gasteiger partial charge is 0.272 e. The van der Waals surface area contributed by atoms with Crippen molar-refractivity contribution in [2.75, 3.05) is 17.3 Å². The molecule has 2 N–H and O–H groups in total. The summed E-state index contributed by atoms with van der Waals surface area (Å²) in [7, 11) is 1.72. The molecule has 0 aliphatic carbocycles. The van der Waals surface area contributed by atoms with Crippen molar-refractivity contribution >= 4 is 52.1 Å². The Morgan fingerprint density at radius 2 is 1.91 bits per heavy atom. The number of amides is 1. The lowest BCUT2D eigenvalue weighted by molar-refractivity contribution is -0.119. The molecular weight excluding hydrogens is 442 g/mol. The number of pyridine rings is 1. The number of nitrogens with one attached hydrogen (secondary N) is 2. The second kappa shape index (κ2) is 9.46. The van der Waals surface area contributed by atoms with E-state index >= 15 is 0 Å². The van der Waals surface area contributed by atoms with Gasteiger partial charge in [-0.15, -0.1) is 0 Å². The highest BCUT2D eigenvalue weighted by atomic mass is 35.5. The third kappa shape index (κ3) is 4.64. The van der Waals surface area contributed by atoms with Crippen LogP contribution in [0.15, 0.2) is 71.7 Å². The molecule has 4 rings (SSSR count). The van der Waals surface area contributed by atoms with Crippen LogP contribution < -0.4 is 15.5 Å². The SMILES string of the molecule is CCc1cccc(NC(=S)NC2N=C(c3ccccc3)c3cc(Cl)ccc3N(C)C2=O)n1. The van der Waals surface area contributed by atoms with E-state index in [2.05, 4.69) is 15.6 Å². The molecule has 8 heteroatoms. The van der Waals surface area contributed by atoms with E-state index in [0.717, 1.165) is 28.9 Å². The van der Waals surface area contributed by atoms with Crippen LogP contribution in [0.3, 0.4) is 0 Å². The van der Waals surface area contributed by atoms with Gasteiger partial charge in [-0.05, 0) is 49.0 Å². The van der Waals surface area contributed by atoms with Gasteiger partial charge in [-0.3, -0.25) is 4.79 Å². The number of aryl methyl sites for hydroxylation is 1. The maximum atomic E-state index is 13.3. The van der Waals surface area contributed by atoms with E-state index in [1.807, 2.05) is 67.6 Å². The molecule has 1 amide bonds. The molecule has 0 saturated carbocycles. The molecule has 0 bridgehead atoms. The van der Waals surface area contributed by atoms with Gasteiger partial charge in [0.05, 0.1) is 11.4 Å². The number of benzene rings is 2. The fourth-order valence-electron chi connectivity index (χ4n) is 3.49. The van der Waals surface area contributed by atoms with Gasteiger partial charge in [-0.1, -0.05) is 54.9 Å². The zero-order valence-corrected chi connectivity index (χ0v) is 19.2. The summed E-state index contributed by atoms with van der Waals surface area (Å²) < 4.78 is 0. The highest BCUT2D eigenvalue weighted by Crippen LogP contribution is 2.29. The third-order valence-corrected chi connectivity index (χ3v) is 5.58. The fraction of sp³-hybridized carbons (Fsp3) is 0.167. The lowest BCUT2D eigenvalue weighted by Gasteiger charge is -2.22. The van der Waals surface area contributed by atoms with Crippen molar-refractivity contribution in [1.29, 1.82) is 0 Å². The molecule has 1 aliphatic heterocycles. The van der Waals surface area contributed by atoms with Gasteiger partial charge in [0.15, 0.2) is 5.11 Å². The maximum absolute atomic E-state index is 13.3. The van der Waals surface area contributed by atoms with Crippen LogP contribution in [0.1, 0.15) is 23.7 Å². The van der Waals surface area contributed by atoms with Crippen LogP contribution in [0, 0.1) is 0 Å². The van der Waals surface area contributed by atoms with E-state index < -0.39 is 6.17 Å². The minimum atomic E-state index is -0.921. The molecule has 6 nitrogen and oxygen atoms in total. The number of carbonyl (C=O) groups is 1. The molecule has 0 saturated heterocycles. The van der Waals surface area contributed by atoms with Gasteiger partial charge in [0.2, 0.25) is 6.17 Å². The molecular formula is C24H22ClN5OS. The van der Waals surface area contributed by atoms with Crippen molar-refractivity contribution in [3.8, 4) is 0 Å². The molecule has 1 atom stereocenters. The van der Waals surface area contributed by atoms with Gasteiger partial charge in [0, 0.05) is 28.9 Å². The standard InChI is InChI=1S/C24H22ClN5OS/c1-3-17-10-7-11-20(26-17)27-24(32)29-22-23(31)30(2)19-13-12-16(25)14-18(19)21(28-22)15-8-5-4-6-9-15/h4-14,22H,3H2,1-2H3,(H2,26,27,29,32). The Morgan fingerprint density at radius 1 is 1.12 bits per heavy atom. The highest BCUT2D eigenvalue weighted by molar-refractivity contribution is 7.80. The number of hydrogen-bond acceptors (Lipinski definition) is 4. The summed E-state index contributed by atoms with van der Waals surface area (Å²) >= 11 is 11.8. The molecule has 1 aliphatic rings. The van der Waals surface area contributed by atoms with Gasteiger partial charge in [-0.25, -0.2) is 9.98 Å². The molecule has 1 unspecified atom stereocenters. The topological polar surface area (TPSA) is 69.6 Å². The number of hydrogen-bond donors (Lipinski definition) is 2. The van der Waals surface area contributed by atoms with Gasteiger partial charge in [0.1, 0.15) is 5.82 Å². The Morgan fingerprint density at radius 3 is 2.66 bits per heavy atom. The van der Waals surface area contributed by atoms with Gasteiger partial charge < -0.3 is 15.5 Å². The molecule has 2 aromatic carbocycles. The first-order valence-electron chi connectivity index (χ1n) is 10.2. The first-order chi connectivity index (χ1) is 15.5. The predicted molar refractivity (Wildman–Crippen MR) is 134 cm³/mol. The minimum absolute atomic E-state index is 0.237. The van der Waals surface area contributed by atoms with Crippen molar-refractivity contribution in [3.05, 3.63) is 88.6 Å². The van der Waals surface area contributed by atoms with Crippen molar-refractivity contribution in [1.82, 2.24) is 10.3 Å². The van der Waals surface area contributed by atoms with Crippen LogP contribution in [-0.2, 0) is 11.2 Å². The number of benzodiazepines with no additional fused rings is 1. The summed E-state index contributed by atoms with van der Waals surface area (Å²) in [5.41, 5.74) is 3.98. The average molecular weight is 464 g/mol. The van der Waals surface area contributed by atoms with Crippen molar-refractivity contribution in [3.63, 3.8) is 0 Å². The lowest BCUT2D eigenvalue weighted by Crippen LogP contribution is -2.47. The summed E-state index contributed by atoms with van der Waals surface area (Å²) in [5.74, 6) is 0.373. The molecule has 0 fully saturated rings. The molecule has 2 heterocycles. The number of nitrogens with zero attached hydrogens (tertiary/aromatic N) is 3. The van der Waals surface area contributed by atoms with E-state index in [-0.39, 0.29) is 11.0 Å². The predicted octanol–water partition coefficient (Wildman–Crippen LogP) is 4.42. The number of aliphatic imine (C=N–C) groups is 1. The molecule has 162 valence electrons. The summed E-state index contributed by atoms with van der Waals surface area (Å²) in [5, 5.41) is 6.93. The van der Waals surface area contributed by atoms with Crippen LogP contribution >= 0.6 is 23.8 Å². The van der Waals surface area contributed by atoms with Gasteiger partial charge >= 0.3 is 0 Å². The van der Waals surface area contributed by atoms with E-state index in [0.29, 0.717) is 16.6 Å². The summed E-state index contributed by atoms with van der Waals surface area (Å²) in [4.78, 5) is 24.1. The van der Waals surface area contributed by atoms with Gasteiger partial charge in [0.25, 0.3) is 5.91 Å². The van der Waals surface area contributed by atoms with E-state index in [9.17, 15) is 4.79 Å². The molecule has 1 aromatic heterocycles. The van der Waals surface area contributed by atoms with Crippen molar-refractivity contribution in [2.24, 2.45) is 4.99 Å². The Labute approximate surface area is 197 Å². The molecule has 0 radical (unpaired) electrons. The normalized spacial score (nSPS) is 15.5. The Bertz CT molecular complexity index is 1200.